The number of sulfonamides is 1. The number of rotatable bonds is 8. The van der Waals surface area contributed by atoms with Gasteiger partial charge in [-0.25, -0.2) is 13.1 Å². The van der Waals surface area contributed by atoms with E-state index in [9.17, 15) is 13.5 Å². The van der Waals surface area contributed by atoms with Gasteiger partial charge in [0.05, 0.1) is 11.5 Å². The van der Waals surface area contributed by atoms with Gasteiger partial charge in [-0.1, -0.05) is 20.8 Å². The summed E-state index contributed by atoms with van der Waals surface area (Å²) in [4.78, 5) is 0.245. The third-order valence-corrected chi connectivity index (χ3v) is 4.41. The van der Waals surface area contributed by atoms with Crippen LogP contribution in [0.4, 0.5) is 5.69 Å². The van der Waals surface area contributed by atoms with Crippen molar-refractivity contribution in [2.24, 2.45) is 5.92 Å². The molecule has 0 aliphatic rings. The summed E-state index contributed by atoms with van der Waals surface area (Å²) in [6.45, 7) is 6.34. The molecule has 0 heterocycles. The molecule has 0 aliphatic carbocycles. The van der Waals surface area contributed by atoms with Crippen molar-refractivity contribution in [2.45, 2.75) is 38.1 Å². The molecule has 20 heavy (non-hydrogen) atoms. The molecule has 1 aromatic rings. The van der Waals surface area contributed by atoms with Crippen LogP contribution in [0.2, 0.25) is 0 Å². The smallest absolute Gasteiger partial charge is 0.240 e. The van der Waals surface area contributed by atoms with E-state index in [1.165, 1.54) is 0 Å². The maximum absolute atomic E-state index is 11.8. The largest absolute Gasteiger partial charge is 0.394 e. The van der Waals surface area contributed by atoms with Crippen molar-refractivity contribution >= 4 is 15.7 Å². The zero-order valence-corrected chi connectivity index (χ0v) is 13.1. The van der Waals surface area contributed by atoms with Crippen LogP contribution in [0, 0.1) is 5.92 Å². The molecular weight excluding hydrogens is 276 g/mol. The van der Waals surface area contributed by atoms with E-state index in [0.29, 0.717) is 12.5 Å². The Bertz CT molecular complexity index is 498. The quantitative estimate of drug-likeness (QED) is 0.684. The predicted octanol–water partition coefficient (Wildman–Crippen LogP) is 1.80. The van der Waals surface area contributed by atoms with Gasteiger partial charge in [0.15, 0.2) is 0 Å². The summed E-state index contributed by atoms with van der Waals surface area (Å²) in [6, 6.07) is 6.53. The maximum Gasteiger partial charge on any atom is 0.240 e. The lowest BCUT2D eigenvalue weighted by molar-refractivity contribution is 0.259. The summed E-state index contributed by atoms with van der Waals surface area (Å²) in [5.41, 5.74) is 0.806. The average Bonchev–Trinajstić information content (AvgIpc) is 2.38. The SMILES string of the molecule is CCNS(=O)(=O)c1ccc(NC(CO)CC(C)C)cc1. The third-order valence-electron chi connectivity index (χ3n) is 2.85. The van der Waals surface area contributed by atoms with Gasteiger partial charge >= 0.3 is 0 Å². The van der Waals surface area contributed by atoms with Gasteiger partial charge in [0.1, 0.15) is 0 Å². The van der Waals surface area contributed by atoms with Crippen LogP contribution in [0.15, 0.2) is 29.2 Å². The van der Waals surface area contributed by atoms with Crippen LogP contribution in [0.1, 0.15) is 27.2 Å². The van der Waals surface area contributed by atoms with Crippen LogP contribution in [0.3, 0.4) is 0 Å². The molecule has 3 N–H and O–H groups in total. The van der Waals surface area contributed by atoms with Crippen molar-refractivity contribution < 1.29 is 13.5 Å². The monoisotopic (exact) mass is 300 g/mol. The summed E-state index contributed by atoms with van der Waals surface area (Å²) in [5, 5.41) is 12.5. The molecule has 0 aliphatic heterocycles. The van der Waals surface area contributed by atoms with E-state index in [1.807, 2.05) is 0 Å². The standard InChI is InChI=1S/C14H24N2O3S/c1-4-15-20(18,19)14-7-5-12(6-8-14)16-13(10-17)9-11(2)3/h5-8,11,13,15-17H,4,9-10H2,1-3H3. The van der Waals surface area contributed by atoms with Gasteiger partial charge in [0.2, 0.25) is 10.0 Å². The molecule has 0 amide bonds. The molecule has 1 unspecified atom stereocenters. The van der Waals surface area contributed by atoms with Gasteiger partial charge in [-0.15, -0.1) is 0 Å². The molecule has 0 radical (unpaired) electrons. The summed E-state index contributed by atoms with van der Waals surface area (Å²) in [6.07, 6.45) is 0.855. The lowest BCUT2D eigenvalue weighted by Gasteiger charge is -2.19. The van der Waals surface area contributed by atoms with E-state index in [4.69, 9.17) is 0 Å². The lowest BCUT2D eigenvalue weighted by Crippen LogP contribution is -2.26. The first kappa shape index (κ1) is 16.9. The topological polar surface area (TPSA) is 78.4 Å². The van der Waals surface area contributed by atoms with Crippen molar-refractivity contribution in [1.82, 2.24) is 4.72 Å². The van der Waals surface area contributed by atoms with E-state index in [2.05, 4.69) is 23.9 Å². The van der Waals surface area contributed by atoms with E-state index in [1.54, 1.807) is 31.2 Å². The highest BCUT2D eigenvalue weighted by atomic mass is 32.2. The van der Waals surface area contributed by atoms with Gasteiger partial charge in [-0.05, 0) is 36.6 Å². The Hall–Kier alpha value is -1.11. The fourth-order valence-corrected chi connectivity index (χ4v) is 3.03. The average molecular weight is 300 g/mol. The van der Waals surface area contributed by atoms with Crippen LogP contribution in [0.25, 0.3) is 0 Å². The molecule has 114 valence electrons. The van der Waals surface area contributed by atoms with Crippen molar-refractivity contribution in [1.29, 1.82) is 0 Å². The highest BCUT2D eigenvalue weighted by Gasteiger charge is 2.13. The molecule has 1 atom stereocenters. The number of benzene rings is 1. The highest BCUT2D eigenvalue weighted by molar-refractivity contribution is 7.89. The van der Waals surface area contributed by atoms with Gasteiger partial charge in [0.25, 0.3) is 0 Å². The normalized spacial score (nSPS) is 13.4. The second kappa shape index (κ2) is 7.61. The molecule has 1 aromatic carbocycles. The molecule has 1 rings (SSSR count). The van der Waals surface area contributed by atoms with Crippen LogP contribution in [-0.2, 0) is 10.0 Å². The molecule has 0 saturated heterocycles. The number of anilines is 1. The second-order valence-corrected chi connectivity index (χ2v) is 6.95. The second-order valence-electron chi connectivity index (χ2n) is 5.18. The third kappa shape index (κ3) is 5.11. The fraction of sp³-hybridized carbons (Fsp3) is 0.571. The molecule has 0 aromatic heterocycles. The van der Waals surface area contributed by atoms with Crippen LogP contribution in [0.5, 0.6) is 0 Å². The molecule has 5 nitrogen and oxygen atoms in total. The zero-order valence-electron chi connectivity index (χ0n) is 12.3. The highest BCUT2D eigenvalue weighted by Crippen LogP contribution is 2.16. The number of aliphatic hydroxyl groups is 1. The van der Waals surface area contributed by atoms with Crippen LogP contribution < -0.4 is 10.0 Å². The maximum atomic E-state index is 11.8. The van der Waals surface area contributed by atoms with Crippen molar-refractivity contribution in [3.05, 3.63) is 24.3 Å². The Morgan fingerprint density at radius 3 is 2.25 bits per heavy atom. The van der Waals surface area contributed by atoms with Gasteiger partial charge in [-0.2, -0.15) is 0 Å². The first-order valence-electron chi connectivity index (χ1n) is 6.86. The minimum atomic E-state index is -3.41. The molecule has 6 heteroatoms. The number of hydrogen-bond acceptors (Lipinski definition) is 4. The molecular formula is C14H24N2O3S. The van der Waals surface area contributed by atoms with Crippen molar-refractivity contribution in [3.8, 4) is 0 Å². The van der Waals surface area contributed by atoms with Crippen LogP contribution in [-0.4, -0.2) is 32.7 Å². The number of nitrogens with one attached hydrogen (secondary N) is 2. The van der Waals surface area contributed by atoms with E-state index in [0.717, 1.165) is 12.1 Å². The summed E-state index contributed by atoms with van der Waals surface area (Å²) in [7, 11) is -3.41. The Morgan fingerprint density at radius 2 is 1.80 bits per heavy atom. The fourth-order valence-electron chi connectivity index (χ4n) is 1.99. The van der Waals surface area contributed by atoms with Gasteiger partial charge in [0, 0.05) is 18.3 Å². The molecule has 0 spiro atoms. The van der Waals surface area contributed by atoms with E-state index >= 15 is 0 Å². The number of aliphatic hydroxyl groups excluding tert-OH is 1. The summed E-state index contributed by atoms with van der Waals surface area (Å²) < 4.78 is 26.0. The van der Waals surface area contributed by atoms with Crippen molar-refractivity contribution in [2.75, 3.05) is 18.5 Å². The van der Waals surface area contributed by atoms with Crippen LogP contribution >= 0.6 is 0 Å². The Morgan fingerprint density at radius 1 is 1.20 bits per heavy atom. The van der Waals surface area contributed by atoms with E-state index in [-0.39, 0.29) is 17.5 Å². The zero-order chi connectivity index (χ0) is 15.2. The molecule has 0 bridgehead atoms. The summed E-state index contributed by atoms with van der Waals surface area (Å²) in [5.74, 6) is 0.480. The minimum Gasteiger partial charge on any atom is -0.394 e. The van der Waals surface area contributed by atoms with Crippen molar-refractivity contribution in [3.63, 3.8) is 0 Å². The first-order valence-corrected chi connectivity index (χ1v) is 8.34. The summed E-state index contributed by atoms with van der Waals surface area (Å²) >= 11 is 0. The molecule has 0 fully saturated rings. The Labute approximate surface area is 121 Å². The predicted molar refractivity (Wildman–Crippen MR) is 81.3 cm³/mol. The Kier molecular flexibility index (Phi) is 6.45. The van der Waals surface area contributed by atoms with Gasteiger partial charge in [-0.3, -0.25) is 0 Å². The first-order chi connectivity index (χ1) is 9.39. The Balaban J connectivity index is 2.76. The lowest BCUT2D eigenvalue weighted by atomic mass is 10.0. The van der Waals surface area contributed by atoms with E-state index < -0.39 is 10.0 Å². The minimum absolute atomic E-state index is 0.0220. The number of hydrogen-bond donors (Lipinski definition) is 3. The van der Waals surface area contributed by atoms with Gasteiger partial charge < -0.3 is 10.4 Å². The molecule has 0 saturated carbocycles.